The van der Waals surface area contributed by atoms with Gasteiger partial charge in [0.1, 0.15) is 29.3 Å². The highest BCUT2D eigenvalue weighted by atomic mass is 32.2. The number of nitrogens with one attached hydrogen (secondary N) is 2. The van der Waals surface area contributed by atoms with Crippen molar-refractivity contribution in [1.29, 1.82) is 0 Å². The minimum absolute atomic E-state index is 0.0348. The van der Waals surface area contributed by atoms with Gasteiger partial charge in [0, 0.05) is 95.4 Å². The third-order valence-electron chi connectivity index (χ3n) is 15.1. The van der Waals surface area contributed by atoms with Crippen molar-refractivity contribution in [3.63, 3.8) is 0 Å². The Morgan fingerprint density at radius 3 is 2.11 bits per heavy atom. The van der Waals surface area contributed by atoms with Gasteiger partial charge in [0.05, 0.1) is 11.0 Å². The van der Waals surface area contributed by atoms with Crippen molar-refractivity contribution in [3.05, 3.63) is 228 Å². The molecule has 0 bridgehead atoms. The van der Waals surface area contributed by atoms with Gasteiger partial charge in [-0.15, -0.1) is 22.7 Å². The van der Waals surface area contributed by atoms with Crippen LogP contribution in [-0.4, -0.2) is 10.4 Å². The van der Waals surface area contributed by atoms with Crippen LogP contribution >= 0.6 is 34.4 Å². The first-order chi connectivity index (χ1) is 35.2. The van der Waals surface area contributed by atoms with Gasteiger partial charge in [-0.25, -0.2) is 4.99 Å². The molecule has 4 aromatic heterocycles. The van der Waals surface area contributed by atoms with E-state index in [2.05, 4.69) is 215 Å². The molecule has 0 saturated heterocycles. The van der Waals surface area contributed by atoms with Gasteiger partial charge < -0.3 is 14.3 Å². The van der Waals surface area contributed by atoms with Crippen LogP contribution in [0, 0.1) is 5.92 Å². The third kappa shape index (κ3) is 6.06. The van der Waals surface area contributed by atoms with E-state index in [0.717, 1.165) is 33.3 Å². The molecular weight excluding hydrogens is 925 g/mol. The maximum Gasteiger partial charge on any atom is 0.135 e. The van der Waals surface area contributed by atoms with E-state index in [1.807, 2.05) is 40.5 Å². The van der Waals surface area contributed by atoms with Gasteiger partial charge in [0.15, 0.2) is 0 Å². The third-order valence-corrected chi connectivity index (χ3v) is 18.6. The SMILES string of the molecule is C1=CC(C2=NC(c3cccc4sc5ccc(-c6ccc7c(c6)sc6ccc(-n8c9ccccc9c9ccccc98)cc67)cc5c34)NC(c3cccc4oc5ccccc5c34)N2)C2C(=C1)Sc1ccccc12. The molecule has 0 radical (unpaired) electrons. The average molecular weight is 965 g/mol. The van der Waals surface area contributed by atoms with Crippen molar-refractivity contribution in [2.45, 2.75) is 23.1 Å². The van der Waals surface area contributed by atoms with Crippen LogP contribution in [0.15, 0.2) is 225 Å². The fourth-order valence-corrected chi connectivity index (χ4v) is 15.5. The molecule has 2 N–H and O–H groups in total. The van der Waals surface area contributed by atoms with E-state index >= 15 is 0 Å². The van der Waals surface area contributed by atoms with E-state index in [-0.39, 0.29) is 24.2 Å². The molecule has 4 unspecified atom stereocenters. The monoisotopic (exact) mass is 964 g/mol. The highest BCUT2D eigenvalue weighted by Gasteiger charge is 2.40. The fourth-order valence-electron chi connectivity index (χ4n) is 12.0. The number of amidine groups is 1. The number of allylic oxidation sites excluding steroid dienone is 3. The van der Waals surface area contributed by atoms with Crippen LogP contribution in [0.3, 0.4) is 0 Å². The van der Waals surface area contributed by atoms with E-state index in [1.54, 1.807) is 0 Å². The number of nitrogens with zero attached hydrogens (tertiary/aromatic N) is 2. The molecule has 13 aromatic rings. The summed E-state index contributed by atoms with van der Waals surface area (Å²) in [4.78, 5) is 8.43. The van der Waals surface area contributed by atoms with Crippen LogP contribution in [0.2, 0.25) is 0 Å². The summed E-state index contributed by atoms with van der Waals surface area (Å²) >= 11 is 5.63. The van der Waals surface area contributed by atoms with Gasteiger partial charge in [0.2, 0.25) is 0 Å². The van der Waals surface area contributed by atoms with Crippen LogP contribution in [-0.2, 0) is 0 Å². The second kappa shape index (κ2) is 15.4. The molecule has 1 aliphatic carbocycles. The Hall–Kier alpha value is -7.72. The molecule has 5 nitrogen and oxygen atoms in total. The normalized spacial score (nSPS) is 18.8. The lowest BCUT2D eigenvalue weighted by Gasteiger charge is -2.37. The van der Waals surface area contributed by atoms with Gasteiger partial charge in [-0.3, -0.25) is 5.32 Å². The smallest absolute Gasteiger partial charge is 0.135 e. The molecule has 71 heavy (non-hydrogen) atoms. The van der Waals surface area contributed by atoms with Crippen LogP contribution in [0.4, 0.5) is 0 Å². The van der Waals surface area contributed by atoms with Gasteiger partial charge in [-0.05, 0) is 94.4 Å². The molecule has 0 fully saturated rings. The van der Waals surface area contributed by atoms with E-state index in [0.29, 0.717) is 0 Å². The van der Waals surface area contributed by atoms with Gasteiger partial charge >= 0.3 is 0 Å². The maximum atomic E-state index is 6.45. The minimum atomic E-state index is -0.329. The molecule has 4 atom stereocenters. The van der Waals surface area contributed by atoms with E-state index in [4.69, 9.17) is 9.41 Å². The van der Waals surface area contributed by atoms with Crippen molar-refractivity contribution in [2.24, 2.45) is 10.9 Å². The molecule has 3 aliphatic rings. The summed E-state index contributed by atoms with van der Waals surface area (Å²) < 4.78 is 14.0. The number of thiophene rings is 2. The summed E-state index contributed by atoms with van der Waals surface area (Å²) in [5, 5.41) is 17.9. The second-order valence-corrected chi connectivity index (χ2v) is 22.3. The number of benzene rings is 9. The molecule has 2 aliphatic heterocycles. The zero-order chi connectivity index (χ0) is 46.3. The van der Waals surface area contributed by atoms with Crippen molar-refractivity contribution in [1.82, 2.24) is 15.2 Å². The summed E-state index contributed by atoms with van der Waals surface area (Å²) in [5.41, 5.74) is 11.5. The Morgan fingerprint density at radius 2 is 1.21 bits per heavy atom. The number of furan rings is 1. The number of rotatable bonds is 5. The molecule has 8 heteroatoms. The Morgan fingerprint density at radius 1 is 0.507 bits per heavy atom. The highest BCUT2D eigenvalue weighted by Crippen LogP contribution is 2.54. The van der Waals surface area contributed by atoms with Crippen LogP contribution in [0.25, 0.3) is 101 Å². The Balaban J connectivity index is 0.818. The Labute approximate surface area is 420 Å². The summed E-state index contributed by atoms with van der Waals surface area (Å²) in [5.74, 6) is 1.22. The Bertz CT molecular complexity index is 4450. The molecule has 0 saturated carbocycles. The highest BCUT2D eigenvalue weighted by molar-refractivity contribution is 8.03. The number of para-hydroxylation sites is 3. The first-order valence-electron chi connectivity index (χ1n) is 24.2. The quantitative estimate of drug-likeness (QED) is 0.180. The number of hydrogen-bond donors (Lipinski definition) is 2. The molecule has 9 aromatic carbocycles. The van der Waals surface area contributed by atoms with Gasteiger partial charge in [0.25, 0.3) is 0 Å². The minimum Gasteiger partial charge on any atom is -0.456 e. The number of hydrogen-bond acceptors (Lipinski definition) is 7. The second-order valence-electron chi connectivity index (χ2n) is 19.0. The predicted molar refractivity (Wildman–Crippen MR) is 301 cm³/mol. The summed E-state index contributed by atoms with van der Waals surface area (Å²) in [6.45, 7) is 0. The molecule has 0 spiro atoms. The Kier molecular flexibility index (Phi) is 8.68. The molecular formula is C63H40N4OS3. The van der Waals surface area contributed by atoms with Crippen LogP contribution < -0.4 is 10.6 Å². The van der Waals surface area contributed by atoms with Crippen LogP contribution in [0.1, 0.15) is 34.9 Å². The lowest BCUT2D eigenvalue weighted by atomic mass is 9.81. The topological polar surface area (TPSA) is 54.5 Å². The fraction of sp³-hybridized carbons (Fsp3) is 0.0635. The lowest BCUT2D eigenvalue weighted by Crippen LogP contribution is -2.48. The first kappa shape index (κ1) is 40.1. The first-order valence-corrected chi connectivity index (χ1v) is 26.7. The zero-order valence-electron chi connectivity index (χ0n) is 38.0. The maximum absolute atomic E-state index is 6.45. The number of thioether (sulfide) groups is 1. The summed E-state index contributed by atoms with van der Waals surface area (Å²) in [6.07, 6.45) is 6.29. The summed E-state index contributed by atoms with van der Waals surface area (Å²) in [6, 6.07) is 69.0. The van der Waals surface area contributed by atoms with Crippen molar-refractivity contribution in [2.75, 3.05) is 0 Å². The number of aromatic nitrogens is 1. The van der Waals surface area contributed by atoms with E-state index in [1.165, 1.54) is 99.9 Å². The number of aliphatic imine (C=N–C) groups is 1. The predicted octanol–water partition coefficient (Wildman–Crippen LogP) is 17.3. The van der Waals surface area contributed by atoms with Crippen LogP contribution in [0.5, 0.6) is 0 Å². The van der Waals surface area contributed by atoms with Crippen molar-refractivity contribution in [3.8, 4) is 16.8 Å². The molecule has 0 amide bonds. The largest absolute Gasteiger partial charge is 0.456 e. The molecule has 6 heterocycles. The van der Waals surface area contributed by atoms with Crippen molar-refractivity contribution >= 4 is 124 Å². The molecule has 336 valence electrons. The average Bonchev–Trinajstić information content (AvgIpc) is 4.25. The standard InChI is InChI=1S/C63H40N4OS3/c1-5-19-48-38(12-1)39-13-2-6-20-49(39)67(48)37-28-31-53-46(34-37)40-29-26-36(33-57(40)71-53)35-27-30-54-47(32-35)60-45(18-11-25-56(60)70-54)63-65-61(43-16-9-22-51-58(43)41-14-3-7-21-50(41)68-51)64-62(66-63)44-17-10-24-55-59(44)42-15-4-8-23-52(42)69-55/h1-34,44,59,61,63,65H,(H,64,66). The summed E-state index contributed by atoms with van der Waals surface area (Å²) in [7, 11) is 0. The zero-order valence-corrected chi connectivity index (χ0v) is 40.4. The van der Waals surface area contributed by atoms with E-state index < -0.39 is 0 Å². The lowest BCUT2D eigenvalue weighted by molar-refractivity contribution is 0.400. The molecule has 16 rings (SSSR count). The van der Waals surface area contributed by atoms with Gasteiger partial charge in [-0.2, -0.15) is 0 Å². The number of fused-ring (bicyclic) bond motifs is 15. The van der Waals surface area contributed by atoms with E-state index in [9.17, 15) is 0 Å². The van der Waals surface area contributed by atoms with Crippen molar-refractivity contribution < 1.29 is 4.42 Å². The van der Waals surface area contributed by atoms with Gasteiger partial charge in [-0.1, -0.05) is 145 Å².